The van der Waals surface area contributed by atoms with Crippen LogP contribution < -0.4 is 5.32 Å². The van der Waals surface area contributed by atoms with Gasteiger partial charge >= 0.3 is 0 Å². The van der Waals surface area contributed by atoms with E-state index in [1.165, 1.54) is 0 Å². The number of amides is 2. The van der Waals surface area contributed by atoms with Crippen molar-refractivity contribution in [2.45, 2.75) is 66.0 Å². The molecule has 0 aromatic rings. The van der Waals surface area contributed by atoms with Gasteiger partial charge in [-0.05, 0) is 25.7 Å². The lowest BCUT2D eigenvalue weighted by Crippen LogP contribution is -2.66. The Kier molecular flexibility index (Phi) is 4.08. The maximum atomic E-state index is 12.6. The first kappa shape index (κ1) is 15.0. The summed E-state index contributed by atoms with van der Waals surface area (Å²) in [4.78, 5) is 26.1. The smallest absolute Gasteiger partial charge is 0.246 e. The predicted octanol–water partition coefficient (Wildman–Crippen LogP) is 1.94. The molecular weight excluding hydrogens is 228 g/mol. The van der Waals surface area contributed by atoms with Gasteiger partial charge in [0.15, 0.2) is 0 Å². The molecule has 1 fully saturated rings. The van der Waals surface area contributed by atoms with Crippen LogP contribution >= 0.6 is 0 Å². The van der Waals surface area contributed by atoms with Gasteiger partial charge in [-0.25, -0.2) is 0 Å². The second kappa shape index (κ2) is 4.90. The summed E-state index contributed by atoms with van der Waals surface area (Å²) < 4.78 is 0. The molecule has 2 amide bonds. The Bertz CT molecular complexity index is 342. The van der Waals surface area contributed by atoms with E-state index in [2.05, 4.69) is 12.2 Å². The van der Waals surface area contributed by atoms with Crippen LogP contribution in [0.2, 0.25) is 0 Å². The van der Waals surface area contributed by atoms with E-state index >= 15 is 0 Å². The molecule has 0 bridgehead atoms. The molecule has 1 N–H and O–H groups in total. The Morgan fingerprint density at radius 2 is 1.78 bits per heavy atom. The van der Waals surface area contributed by atoms with Crippen LogP contribution in [0.1, 0.15) is 54.4 Å². The van der Waals surface area contributed by atoms with Gasteiger partial charge in [-0.3, -0.25) is 9.59 Å². The number of hydrogen-bond donors (Lipinski definition) is 1. The molecule has 0 aliphatic carbocycles. The third-order valence-corrected chi connectivity index (χ3v) is 3.58. The molecule has 104 valence electrons. The Morgan fingerprint density at radius 1 is 1.22 bits per heavy atom. The van der Waals surface area contributed by atoms with Gasteiger partial charge in [0.2, 0.25) is 11.8 Å². The van der Waals surface area contributed by atoms with Crippen LogP contribution in [-0.2, 0) is 9.59 Å². The van der Waals surface area contributed by atoms with Gasteiger partial charge < -0.3 is 10.2 Å². The van der Waals surface area contributed by atoms with Crippen molar-refractivity contribution < 1.29 is 9.59 Å². The van der Waals surface area contributed by atoms with Crippen molar-refractivity contribution in [3.05, 3.63) is 0 Å². The zero-order valence-corrected chi connectivity index (χ0v) is 12.5. The quantitative estimate of drug-likeness (QED) is 0.836. The lowest BCUT2D eigenvalue weighted by molar-refractivity contribution is -0.153. The van der Waals surface area contributed by atoms with Crippen molar-refractivity contribution in [3.8, 4) is 0 Å². The summed E-state index contributed by atoms with van der Waals surface area (Å²) in [5.41, 5.74) is -0.513. The monoisotopic (exact) mass is 254 g/mol. The van der Waals surface area contributed by atoms with Crippen molar-refractivity contribution in [1.29, 1.82) is 0 Å². The van der Waals surface area contributed by atoms with Crippen molar-refractivity contribution in [2.75, 3.05) is 6.54 Å². The first-order valence-electron chi connectivity index (χ1n) is 6.70. The molecule has 1 aliphatic rings. The summed E-state index contributed by atoms with van der Waals surface area (Å²) in [6, 6.07) is -0.421. The number of nitrogens with one attached hydrogen (secondary N) is 1. The lowest BCUT2D eigenvalue weighted by atomic mass is 9.83. The van der Waals surface area contributed by atoms with Gasteiger partial charge in [0, 0.05) is 5.54 Å². The summed E-state index contributed by atoms with van der Waals surface area (Å²) in [5, 5.41) is 2.82. The van der Waals surface area contributed by atoms with Crippen LogP contribution in [0, 0.1) is 5.41 Å². The predicted molar refractivity (Wildman–Crippen MR) is 72.1 cm³/mol. The van der Waals surface area contributed by atoms with E-state index in [4.69, 9.17) is 0 Å². The second-order valence-electron chi connectivity index (χ2n) is 6.85. The number of nitrogens with zero attached hydrogens (tertiary/aromatic N) is 1. The van der Waals surface area contributed by atoms with Crippen molar-refractivity contribution in [2.24, 2.45) is 5.41 Å². The maximum Gasteiger partial charge on any atom is 0.246 e. The number of hydrogen-bond acceptors (Lipinski definition) is 2. The highest BCUT2D eigenvalue weighted by atomic mass is 16.2. The first-order valence-corrected chi connectivity index (χ1v) is 6.70. The molecular formula is C14H26N2O2. The Morgan fingerprint density at radius 3 is 2.22 bits per heavy atom. The van der Waals surface area contributed by atoms with Gasteiger partial charge in [-0.15, -0.1) is 0 Å². The Balaban J connectivity index is 3.00. The molecule has 1 heterocycles. The van der Waals surface area contributed by atoms with Gasteiger partial charge in [0.1, 0.15) is 12.6 Å². The molecule has 0 aromatic carbocycles. The normalized spacial score (nSPS) is 22.1. The third-order valence-electron chi connectivity index (χ3n) is 3.58. The topological polar surface area (TPSA) is 49.4 Å². The molecule has 0 saturated carbocycles. The molecule has 0 radical (unpaired) electrons. The van der Waals surface area contributed by atoms with Gasteiger partial charge in [0.25, 0.3) is 0 Å². The summed E-state index contributed by atoms with van der Waals surface area (Å²) in [5.74, 6) is -0.0146. The standard InChI is InChI=1S/C14H26N2O2/c1-7-8-14(5,6)16-9-10(17)15-11(12(16)18)13(2,3)4/h11H,7-9H2,1-6H3,(H,15,17). The molecule has 4 heteroatoms. The van der Waals surface area contributed by atoms with E-state index in [-0.39, 0.29) is 29.3 Å². The minimum absolute atomic E-state index is 0.0422. The Labute approximate surface area is 110 Å². The summed E-state index contributed by atoms with van der Waals surface area (Å²) in [6.45, 7) is 12.3. The fraction of sp³-hybridized carbons (Fsp3) is 0.857. The average molecular weight is 254 g/mol. The van der Waals surface area contributed by atoms with Crippen molar-refractivity contribution >= 4 is 11.8 Å². The summed E-state index contributed by atoms with van der Waals surface area (Å²) >= 11 is 0. The van der Waals surface area contributed by atoms with E-state index < -0.39 is 6.04 Å². The van der Waals surface area contributed by atoms with Crippen LogP contribution in [0.15, 0.2) is 0 Å². The van der Waals surface area contributed by atoms with E-state index in [0.717, 1.165) is 12.8 Å². The molecule has 1 unspecified atom stereocenters. The first-order chi connectivity index (χ1) is 8.09. The molecule has 1 atom stereocenters. The van der Waals surface area contributed by atoms with Gasteiger partial charge in [0.05, 0.1) is 0 Å². The van der Waals surface area contributed by atoms with E-state index in [1.807, 2.05) is 34.6 Å². The molecule has 18 heavy (non-hydrogen) atoms. The molecule has 0 spiro atoms. The summed E-state index contributed by atoms with van der Waals surface area (Å²) in [6.07, 6.45) is 1.90. The van der Waals surface area contributed by atoms with E-state index in [9.17, 15) is 9.59 Å². The largest absolute Gasteiger partial charge is 0.342 e. The third kappa shape index (κ3) is 3.03. The van der Waals surface area contributed by atoms with Crippen molar-refractivity contribution in [1.82, 2.24) is 10.2 Å². The van der Waals surface area contributed by atoms with Crippen LogP contribution in [0.3, 0.4) is 0 Å². The molecule has 4 nitrogen and oxygen atoms in total. The fourth-order valence-corrected chi connectivity index (χ4v) is 2.49. The number of rotatable bonds is 3. The van der Waals surface area contributed by atoms with Gasteiger partial charge in [-0.2, -0.15) is 0 Å². The molecule has 1 saturated heterocycles. The average Bonchev–Trinajstić information content (AvgIpc) is 2.19. The van der Waals surface area contributed by atoms with Crippen LogP contribution in [0.4, 0.5) is 0 Å². The van der Waals surface area contributed by atoms with Crippen molar-refractivity contribution in [3.63, 3.8) is 0 Å². The molecule has 1 rings (SSSR count). The summed E-state index contributed by atoms with van der Waals surface area (Å²) in [7, 11) is 0. The maximum absolute atomic E-state index is 12.6. The number of piperazine rings is 1. The SMILES string of the molecule is CCCC(C)(C)N1CC(=O)NC(C(C)(C)C)C1=O. The Hall–Kier alpha value is -1.06. The lowest BCUT2D eigenvalue weighted by Gasteiger charge is -2.46. The number of carbonyl (C=O) groups excluding carboxylic acids is 2. The van der Waals surface area contributed by atoms with Gasteiger partial charge in [-0.1, -0.05) is 34.1 Å². The minimum Gasteiger partial charge on any atom is -0.342 e. The molecule has 0 aromatic heterocycles. The zero-order valence-electron chi connectivity index (χ0n) is 12.5. The molecule has 1 aliphatic heterocycles. The van der Waals surface area contributed by atoms with Crippen LogP contribution in [0.25, 0.3) is 0 Å². The highest BCUT2D eigenvalue weighted by Crippen LogP contribution is 2.28. The zero-order chi connectivity index (χ0) is 14.1. The fourth-order valence-electron chi connectivity index (χ4n) is 2.49. The van der Waals surface area contributed by atoms with Crippen LogP contribution in [-0.4, -0.2) is 34.8 Å². The van der Waals surface area contributed by atoms with E-state index in [0.29, 0.717) is 0 Å². The second-order valence-corrected chi connectivity index (χ2v) is 6.85. The van der Waals surface area contributed by atoms with Crippen LogP contribution in [0.5, 0.6) is 0 Å². The number of carbonyl (C=O) groups is 2. The highest BCUT2D eigenvalue weighted by Gasteiger charge is 2.44. The highest BCUT2D eigenvalue weighted by molar-refractivity contribution is 5.95. The van der Waals surface area contributed by atoms with E-state index in [1.54, 1.807) is 4.90 Å². The minimum atomic E-state index is -0.421.